The van der Waals surface area contributed by atoms with Gasteiger partial charge in [0, 0.05) is 0 Å². The summed E-state index contributed by atoms with van der Waals surface area (Å²) in [5, 5.41) is 3.75. The Kier molecular flexibility index (Phi) is 8.12. The molecule has 0 nitrogen and oxygen atoms in total. The number of hydrogen-bond acceptors (Lipinski definition) is 0. The molecule has 0 aromatic heterocycles. The zero-order valence-electron chi connectivity index (χ0n) is 31.5. The van der Waals surface area contributed by atoms with Gasteiger partial charge in [-0.15, -0.1) is 0 Å². The number of allylic oxidation sites excluding steroid dienone is 2. The molecular weight excluding hydrogens is 759 g/mol. The summed E-state index contributed by atoms with van der Waals surface area (Å²) in [5.74, 6) is 0. The molecule has 0 spiro atoms. The molecule has 4 aromatic carbocycles. The van der Waals surface area contributed by atoms with Crippen LogP contribution in [0.5, 0.6) is 0 Å². The Bertz CT molecular complexity index is 1840. The first-order chi connectivity index (χ1) is 22.5. The second-order valence-corrected chi connectivity index (χ2v) is 40.8. The maximum atomic E-state index is 2.81. The minimum absolute atomic E-state index is 0.126. The zero-order chi connectivity index (χ0) is 34.6. The van der Waals surface area contributed by atoms with Crippen molar-refractivity contribution in [2.24, 2.45) is 0 Å². The fourth-order valence-corrected chi connectivity index (χ4v) is 43.0. The van der Waals surface area contributed by atoms with Crippen LogP contribution < -0.4 is 0 Å². The van der Waals surface area contributed by atoms with Crippen molar-refractivity contribution in [3.8, 4) is 22.3 Å². The van der Waals surface area contributed by atoms with E-state index in [4.69, 9.17) is 0 Å². The predicted molar refractivity (Wildman–Crippen MR) is 210 cm³/mol. The summed E-state index contributed by atoms with van der Waals surface area (Å²) in [6, 6.07) is 33.4. The molecule has 7 rings (SSSR count). The first-order valence-corrected chi connectivity index (χ1v) is 31.9. The second kappa shape index (κ2) is 11.5. The van der Waals surface area contributed by atoms with Gasteiger partial charge in [0.05, 0.1) is 0 Å². The van der Waals surface area contributed by atoms with Crippen LogP contribution in [0.25, 0.3) is 34.4 Å². The van der Waals surface area contributed by atoms with Crippen molar-refractivity contribution in [1.82, 2.24) is 0 Å². The summed E-state index contributed by atoms with van der Waals surface area (Å²) >= 11 is -3.16. The molecule has 4 aromatic rings. The van der Waals surface area contributed by atoms with Crippen LogP contribution in [0.15, 0.2) is 95.3 Å². The third kappa shape index (κ3) is 4.97. The molecule has 48 heavy (non-hydrogen) atoms. The van der Waals surface area contributed by atoms with Crippen molar-refractivity contribution in [2.75, 3.05) is 0 Å². The Morgan fingerprint density at radius 2 is 0.917 bits per heavy atom. The molecule has 2 unspecified atom stereocenters. The van der Waals surface area contributed by atoms with Gasteiger partial charge in [-0.1, -0.05) is 0 Å². The van der Waals surface area contributed by atoms with Gasteiger partial charge in [-0.3, -0.25) is 0 Å². The monoisotopic (exact) mass is 816 g/mol. The molecule has 1 heterocycles. The Labute approximate surface area is 297 Å². The van der Waals surface area contributed by atoms with Crippen molar-refractivity contribution in [3.63, 3.8) is 0 Å². The van der Waals surface area contributed by atoms with E-state index < -0.39 is 28.0 Å². The fraction of sp³-hybridized carbons (Fsp3) is 0.391. The van der Waals surface area contributed by atoms with Crippen LogP contribution in [-0.2, 0) is 30.8 Å². The molecule has 0 amide bonds. The van der Waals surface area contributed by atoms with Crippen molar-refractivity contribution in [3.05, 3.63) is 129 Å². The molecule has 0 N–H and O–H groups in total. The van der Waals surface area contributed by atoms with E-state index in [1.54, 1.807) is 11.1 Å². The normalized spacial score (nSPS) is 20.6. The topological polar surface area (TPSA) is 0 Å². The molecule has 2 aliphatic carbocycles. The van der Waals surface area contributed by atoms with Gasteiger partial charge in [0.15, 0.2) is 0 Å². The zero-order valence-corrected chi connectivity index (χ0v) is 36.1. The number of benzene rings is 4. The Morgan fingerprint density at radius 1 is 0.542 bits per heavy atom. The molecule has 248 valence electrons. The van der Waals surface area contributed by atoms with E-state index in [1.165, 1.54) is 44.5 Å². The van der Waals surface area contributed by atoms with Gasteiger partial charge in [0.25, 0.3) is 0 Å². The average molecular weight is 816 g/mol. The van der Waals surface area contributed by atoms with Crippen LogP contribution in [0, 0.1) is 0 Å². The van der Waals surface area contributed by atoms with Gasteiger partial charge >= 0.3 is 299 Å². The molecule has 1 fully saturated rings. The van der Waals surface area contributed by atoms with Gasteiger partial charge in [-0.25, -0.2) is 0 Å². The van der Waals surface area contributed by atoms with Crippen molar-refractivity contribution in [2.45, 2.75) is 108 Å². The number of rotatable bonds is 4. The van der Waals surface area contributed by atoms with Crippen LogP contribution in [0.3, 0.4) is 0 Å². The van der Waals surface area contributed by atoms with Gasteiger partial charge in [-0.2, -0.15) is 0 Å². The fourth-order valence-electron chi connectivity index (χ4n) is 10.3. The van der Waals surface area contributed by atoms with E-state index in [2.05, 4.69) is 176 Å². The van der Waals surface area contributed by atoms with Gasteiger partial charge in [0.1, 0.15) is 0 Å². The van der Waals surface area contributed by atoms with E-state index >= 15 is 0 Å². The van der Waals surface area contributed by atoms with Crippen molar-refractivity contribution >= 4 is 20.2 Å². The summed E-state index contributed by atoms with van der Waals surface area (Å²) in [4.78, 5) is 0. The average Bonchev–Trinajstić information content (AvgIpc) is 3.61. The molecule has 1 aliphatic heterocycles. The molecule has 2 atom stereocenters. The van der Waals surface area contributed by atoms with Gasteiger partial charge in [-0.05, 0) is 0 Å². The Balaban J connectivity index is 1.47. The first-order valence-electron chi connectivity index (χ1n) is 18.4. The maximum absolute atomic E-state index is 3.16. The third-order valence-electron chi connectivity index (χ3n) is 12.5. The van der Waals surface area contributed by atoms with E-state index in [-0.39, 0.29) is 10.8 Å². The summed E-state index contributed by atoms with van der Waals surface area (Å²) in [6.07, 6.45) is 5.56. The Hall–Kier alpha value is -2.55. The van der Waals surface area contributed by atoms with Gasteiger partial charge < -0.3 is 0 Å². The van der Waals surface area contributed by atoms with Crippen LogP contribution in [-0.4, -0.2) is 8.07 Å². The standard InChI is InChI=1S/C44H50Si.2CH3.Hf/c1-29(2)45(30(3)4,37-25-33-17-13-21-39(41(33)27-37)31-15-11-19-35(23-31)43(5,6)7)38-26-34-18-14-22-40(42(34)28-38)32-16-12-20-36(24-32)44(8,9)10;;;/h11-30H,1-10H3;2*1H3;. The summed E-state index contributed by atoms with van der Waals surface area (Å²) < 4.78 is 6.89. The quantitative estimate of drug-likeness (QED) is 0.180. The molecule has 1 saturated heterocycles. The molecule has 2 heteroatoms. The van der Waals surface area contributed by atoms with Crippen LogP contribution in [0.2, 0.25) is 20.4 Å². The van der Waals surface area contributed by atoms with Crippen molar-refractivity contribution in [1.29, 1.82) is 0 Å². The number of hydrogen-bond donors (Lipinski definition) is 0. The SMILES string of the molecule is CC(C)[Si]1(C(C)C)C2=Cc3c(-c4cccc(C(C)(C)C)c4)cccc3[CH]2[Hf]([CH3])([CH3])[CH]2C1=Cc1c(-c3cccc(C(C)(C)C)c3)cccc12. The molecular formula is C46H56HfSi. The van der Waals surface area contributed by atoms with E-state index in [9.17, 15) is 0 Å². The molecule has 0 bridgehead atoms. The molecule has 0 radical (unpaired) electrons. The van der Waals surface area contributed by atoms with Crippen LogP contribution in [0.4, 0.5) is 0 Å². The Morgan fingerprint density at radius 3 is 1.27 bits per heavy atom. The predicted octanol–water partition coefficient (Wildman–Crippen LogP) is 13.8. The third-order valence-corrected chi connectivity index (χ3v) is 36.1. The van der Waals surface area contributed by atoms with Crippen LogP contribution >= 0.6 is 0 Å². The summed E-state index contributed by atoms with van der Waals surface area (Å²) in [7, 11) is -2.13. The number of fused-ring (bicyclic) bond motifs is 6. The second-order valence-electron chi connectivity index (χ2n) is 18.3. The van der Waals surface area contributed by atoms with Gasteiger partial charge in [0.2, 0.25) is 0 Å². The minimum atomic E-state index is -3.16. The first kappa shape index (κ1) is 33.9. The van der Waals surface area contributed by atoms with E-state index in [1.807, 2.05) is 10.4 Å². The molecule has 0 saturated carbocycles. The summed E-state index contributed by atoms with van der Waals surface area (Å²) in [5.41, 5.74) is 16.3. The van der Waals surface area contributed by atoms with E-state index in [0.29, 0.717) is 18.4 Å². The molecule has 3 aliphatic rings. The van der Waals surface area contributed by atoms with Crippen molar-refractivity contribution < 1.29 is 20.0 Å². The van der Waals surface area contributed by atoms with Crippen LogP contribution in [0.1, 0.15) is 110 Å². The van der Waals surface area contributed by atoms with E-state index in [0.717, 1.165) is 0 Å². The summed E-state index contributed by atoms with van der Waals surface area (Å²) in [6.45, 7) is 24.3.